The summed E-state index contributed by atoms with van der Waals surface area (Å²) in [5.74, 6) is -0.0506. The highest BCUT2D eigenvalue weighted by Crippen LogP contribution is 2.30. The Bertz CT molecular complexity index is 1220. The van der Waals surface area contributed by atoms with Gasteiger partial charge < -0.3 is 14.7 Å². The molecule has 10 heteroatoms. The van der Waals surface area contributed by atoms with E-state index >= 15 is 0 Å². The Hall–Kier alpha value is -3.43. The molecule has 1 aromatic carbocycles. The fourth-order valence-corrected chi connectivity index (χ4v) is 3.13. The predicted molar refractivity (Wildman–Crippen MR) is 115 cm³/mol. The first-order chi connectivity index (χ1) is 14.0. The minimum atomic E-state index is -0.395. The van der Waals surface area contributed by atoms with Crippen molar-refractivity contribution in [2.75, 3.05) is 5.32 Å². The molecular formula is C19H15ClN6O2S. The van der Waals surface area contributed by atoms with Gasteiger partial charge in [0, 0.05) is 28.9 Å². The molecule has 0 saturated heterocycles. The number of nitrogens with zero attached hydrogens (tertiary/aromatic N) is 2. The number of benzene rings is 1. The lowest BCUT2D eigenvalue weighted by molar-refractivity contribution is 0.0944. The van der Waals surface area contributed by atoms with Crippen molar-refractivity contribution in [1.29, 1.82) is 0 Å². The summed E-state index contributed by atoms with van der Waals surface area (Å²) < 4.78 is 5.32. The highest BCUT2D eigenvalue weighted by molar-refractivity contribution is 7.80. The first-order valence-corrected chi connectivity index (χ1v) is 9.31. The number of fused-ring (bicyclic) bond motifs is 1. The Morgan fingerprint density at radius 2 is 2.10 bits per heavy atom. The third-order valence-electron chi connectivity index (χ3n) is 4.07. The molecule has 29 heavy (non-hydrogen) atoms. The van der Waals surface area contributed by atoms with Gasteiger partial charge in [-0.3, -0.25) is 20.6 Å². The van der Waals surface area contributed by atoms with Gasteiger partial charge in [0.25, 0.3) is 5.91 Å². The van der Waals surface area contributed by atoms with E-state index in [1.807, 2.05) is 19.1 Å². The van der Waals surface area contributed by atoms with Gasteiger partial charge >= 0.3 is 0 Å². The lowest BCUT2D eigenvalue weighted by Gasteiger charge is -2.13. The molecule has 0 radical (unpaired) electrons. The second-order valence-electron chi connectivity index (χ2n) is 6.12. The molecule has 0 unspecified atom stereocenters. The maximum atomic E-state index is 12.4. The number of aryl methyl sites for hydroxylation is 1. The van der Waals surface area contributed by atoms with Gasteiger partial charge in [-0.1, -0.05) is 11.6 Å². The van der Waals surface area contributed by atoms with Crippen LogP contribution in [-0.2, 0) is 0 Å². The van der Waals surface area contributed by atoms with Crippen LogP contribution in [0.15, 0.2) is 53.4 Å². The minimum absolute atomic E-state index is 0.188. The van der Waals surface area contributed by atoms with Crippen LogP contribution in [0.4, 0.5) is 5.69 Å². The monoisotopic (exact) mass is 426 g/mol. The number of aromatic nitrogens is 3. The molecule has 4 aromatic rings. The first-order valence-electron chi connectivity index (χ1n) is 8.53. The number of pyridine rings is 1. The van der Waals surface area contributed by atoms with Crippen molar-refractivity contribution in [3.63, 3.8) is 0 Å². The number of hydrazine groups is 1. The number of rotatable bonds is 3. The van der Waals surface area contributed by atoms with Crippen LogP contribution >= 0.6 is 23.8 Å². The maximum absolute atomic E-state index is 12.4. The third kappa shape index (κ3) is 4.05. The molecule has 0 bridgehead atoms. The SMILES string of the molecule is Cc1coc(-c2cc(C(=O)NNC(=S)Nc3ccc4[nH]ccc4c3Cl)ccn2)n1. The normalized spacial score (nSPS) is 10.7. The molecule has 146 valence electrons. The van der Waals surface area contributed by atoms with E-state index in [2.05, 4.69) is 31.1 Å². The number of thiocarbonyl (C=S) groups is 1. The highest BCUT2D eigenvalue weighted by Gasteiger charge is 2.12. The summed E-state index contributed by atoms with van der Waals surface area (Å²) in [5.41, 5.74) is 8.28. The Kier molecular flexibility index (Phi) is 5.15. The Labute approximate surface area is 175 Å². The molecule has 0 aliphatic carbocycles. The summed E-state index contributed by atoms with van der Waals surface area (Å²) in [6.07, 6.45) is 4.83. The van der Waals surface area contributed by atoms with E-state index in [1.54, 1.807) is 24.4 Å². The van der Waals surface area contributed by atoms with Gasteiger partial charge in [-0.05, 0) is 49.5 Å². The molecule has 0 saturated carbocycles. The Balaban J connectivity index is 1.40. The predicted octanol–water partition coefficient (Wildman–Crippen LogP) is 3.81. The number of aromatic amines is 1. The largest absolute Gasteiger partial charge is 0.443 e. The van der Waals surface area contributed by atoms with Crippen molar-refractivity contribution in [3.8, 4) is 11.6 Å². The molecule has 0 fully saturated rings. The Morgan fingerprint density at radius 3 is 2.90 bits per heavy atom. The highest BCUT2D eigenvalue weighted by atomic mass is 35.5. The molecular weight excluding hydrogens is 412 g/mol. The fourth-order valence-electron chi connectivity index (χ4n) is 2.69. The molecule has 1 amide bonds. The summed E-state index contributed by atoms with van der Waals surface area (Å²) in [6, 6.07) is 8.70. The van der Waals surface area contributed by atoms with Crippen molar-refractivity contribution >= 4 is 51.4 Å². The van der Waals surface area contributed by atoms with E-state index in [0.29, 0.717) is 27.9 Å². The number of carbonyl (C=O) groups is 1. The van der Waals surface area contributed by atoms with Gasteiger partial charge in [0.1, 0.15) is 12.0 Å². The van der Waals surface area contributed by atoms with Crippen LogP contribution in [0, 0.1) is 6.92 Å². The lowest BCUT2D eigenvalue weighted by atomic mass is 10.2. The second-order valence-corrected chi connectivity index (χ2v) is 6.91. The number of carbonyl (C=O) groups excluding carboxylic acids is 1. The van der Waals surface area contributed by atoms with Gasteiger partial charge in [0.2, 0.25) is 5.89 Å². The molecule has 3 heterocycles. The molecule has 4 rings (SSSR count). The summed E-state index contributed by atoms with van der Waals surface area (Å²) in [4.78, 5) is 23.9. The van der Waals surface area contributed by atoms with Crippen LogP contribution in [-0.4, -0.2) is 26.0 Å². The minimum Gasteiger partial charge on any atom is -0.443 e. The second kappa shape index (κ2) is 7.90. The van der Waals surface area contributed by atoms with E-state index in [4.69, 9.17) is 28.2 Å². The number of anilines is 1. The van der Waals surface area contributed by atoms with Gasteiger partial charge in [0.15, 0.2) is 5.11 Å². The number of halogens is 1. The molecule has 0 aliphatic rings. The topological polar surface area (TPSA) is 108 Å². The molecule has 0 aliphatic heterocycles. The molecule has 3 aromatic heterocycles. The molecule has 0 atom stereocenters. The quantitative estimate of drug-likeness (QED) is 0.291. The summed E-state index contributed by atoms with van der Waals surface area (Å²) >= 11 is 11.6. The average molecular weight is 427 g/mol. The molecule has 0 spiro atoms. The number of hydrogen-bond acceptors (Lipinski definition) is 5. The third-order valence-corrected chi connectivity index (χ3v) is 4.68. The smallest absolute Gasteiger partial charge is 0.269 e. The summed E-state index contributed by atoms with van der Waals surface area (Å²) in [5, 5.41) is 4.55. The standard InChI is InChI=1S/C19H15ClN6O2S/c1-10-9-28-18(23-10)15-8-11(4-6-22-15)17(27)25-26-19(29)24-14-3-2-13-12(16(14)20)5-7-21-13/h2-9,21H,1H3,(H,25,27)(H2,24,26,29). The van der Waals surface area contributed by atoms with Crippen molar-refractivity contribution < 1.29 is 9.21 Å². The van der Waals surface area contributed by atoms with Gasteiger partial charge in [-0.25, -0.2) is 4.98 Å². The lowest BCUT2D eigenvalue weighted by Crippen LogP contribution is -2.43. The van der Waals surface area contributed by atoms with E-state index in [0.717, 1.165) is 16.6 Å². The number of nitrogens with one attached hydrogen (secondary N) is 4. The van der Waals surface area contributed by atoms with Crippen molar-refractivity contribution in [3.05, 3.63) is 65.3 Å². The zero-order chi connectivity index (χ0) is 20.4. The number of hydrogen-bond donors (Lipinski definition) is 4. The molecule has 4 N–H and O–H groups in total. The van der Waals surface area contributed by atoms with E-state index in [1.165, 1.54) is 12.5 Å². The van der Waals surface area contributed by atoms with Crippen LogP contribution in [0.2, 0.25) is 5.02 Å². The van der Waals surface area contributed by atoms with E-state index in [9.17, 15) is 4.79 Å². The number of H-pyrrole nitrogens is 1. The van der Waals surface area contributed by atoms with Gasteiger partial charge in [-0.2, -0.15) is 0 Å². The van der Waals surface area contributed by atoms with Crippen molar-refractivity contribution in [2.24, 2.45) is 0 Å². The first kappa shape index (κ1) is 18.9. The van der Waals surface area contributed by atoms with Crippen LogP contribution in [0.25, 0.3) is 22.5 Å². The molecule has 8 nitrogen and oxygen atoms in total. The van der Waals surface area contributed by atoms with Crippen LogP contribution in [0.3, 0.4) is 0 Å². The van der Waals surface area contributed by atoms with Crippen molar-refractivity contribution in [1.82, 2.24) is 25.8 Å². The summed E-state index contributed by atoms with van der Waals surface area (Å²) in [6.45, 7) is 1.81. The van der Waals surface area contributed by atoms with E-state index < -0.39 is 5.91 Å². The number of amides is 1. The zero-order valence-corrected chi connectivity index (χ0v) is 16.7. The van der Waals surface area contributed by atoms with Gasteiger partial charge in [-0.15, -0.1) is 0 Å². The average Bonchev–Trinajstić information content (AvgIpc) is 3.38. The Morgan fingerprint density at radius 1 is 1.24 bits per heavy atom. The number of oxazole rings is 1. The fraction of sp³-hybridized carbons (Fsp3) is 0.0526. The van der Waals surface area contributed by atoms with Crippen LogP contribution < -0.4 is 16.2 Å². The maximum Gasteiger partial charge on any atom is 0.269 e. The zero-order valence-electron chi connectivity index (χ0n) is 15.1. The van der Waals surface area contributed by atoms with Gasteiger partial charge in [0.05, 0.1) is 16.4 Å². The van der Waals surface area contributed by atoms with Crippen LogP contribution in [0.1, 0.15) is 16.1 Å². The van der Waals surface area contributed by atoms with E-state index in [-0.39, 0.29) is 5.11 Å². The van der Waals surface area contributed by atoms with Crippen molar-refractivity contribution in [2.45, 2.75) is 6.92 Å². The summed E-state index contributed by atoms with van der Waals surface area (Å²) in [7, 11) is 0. The van der Waals surface area contributed by atoms with Crippen LogP contribution in [0.5, 0.6) is 0 Å².